The molecule has 31 heavy (non-hydrogen) atoms. The molecule has 7 heteroatoms. The van der Waals surface area contributed by atoms with Crippen molar-refractivity contribution in [2.24, 2.45) is 5.92 Å². The first-order valence-electron chi connectivity index (χ1n) is 11.5. The minimum atomic E-state index is -0.613. The van der Waals surface area contributed by atoms with E-state index in [1.807, 2.05) is 4.90 Å². The van der Waals surface area contributed by atoms with Crippen molar-refractivity contribution in [2.45, 2.75) is 64.3 Å². The number of unbranched alkanes of at least 4 members (excludes halogenated alkanes) is 1. The molecule has 1 aliphatic carbocycles. The molecule has 1 aromatic carbocycles. The number of ether oxygens (including phenoxy) is 2. The molecule has 170 valence electrons. The van der Waals surface area contributed by atoms with E-state index in [4.69, 9.17) is 9.47 Å². The lowest BCUT2D eigenvalue weighted by Crippen LogP contribution is -2.51. The van der Waals surface area contributed by atoms with Crippen LogP contribution in [-0.2, 0) is 14.3 Å². The van der Waals surface area contributed by atoms with Gasteiger partial charge in [-0.1, -0.05) is 26.2 Å². The normalized spacial score (nSPS) is 20.5. The van der Waals surface area contributed by atoms with Crippen molar-refractivity contribution in [1.29, 1.82) is 0 Å². The highest BCUT2D eigenvalue weighted by Crippen LogP contribution is 2.35. The second-order valence-electron chi connectivity index (χ2n) is 8.41. The molecule has 2 amide bonds. The van der Waals surface area contributed by atoms with Crippen LogP contribution in [0.5, 0.6) is 5.75 Å². The first-order chi connectivity index (χ1) is 15.1. The van der Waals surface area contributed by atoms with Gasteiger partial charge in [-0.15, -0.1) is 0 Å². The first-order valence-corrected chi connectivity index (χ1v) is 11.5. The number of rotatable bonds is 9. The van der Waals surface area contributed by atoms with E-state index in [1.54, 1.807) is 24.3 Å². The van der Waals surface area contributed by atoms with Gasteiger partial charge in [0.05, 0.1) is 6.61 Å². The predicted molar refractivity (Wildman–Crippen MR) is 117 cm³/mol. The molecule has 1 heterocycles. The number of esters is 1. The Bertz CT molecular complexity index is 747. The van der Waals surface area contributed by atoms with Crippen molar-refractivity contribution in [3.63, 3.8) is 0 Å². The number of likely N-dealkylation sites (tertiary alicyclic amines) is 1. The zero-order valence-corrected chi connectivity index (χ0v) is 18.4. The van der Waals surface area contributed by atoms with Gasteiger partial charge in [-0.25, -0.2) is 0 Å². The van der Waals surface area contributed by atoms with Crippen LogP contribution in [0.4, 0.5) is 0 Å². The van der Waals surface area contributed by atoms with Gasteiger partial charge in [0.25, 0.3) is 11.8 Å². The molecule has 0 aromatic heterocycles. The quantitative estimate of drug-likeness (QED) is 0.480. The number of carbonyl (C=O) groups is 3. The Kier molecular flexibility index (Phi) is 8.74. The summed E-state index contributed by atoms with van der Waals surface area (Å²) in [5.74, 6) is 0.184. The van der Waals surface area contributed by atoms with Crippen LogP contribution in [0, 0.1) is 5.92 Å². The minimum absolute atomic E-state index is 0.130. The second kappa shape index (κ2) is 11.7. The molecular formula is C24H34N2O5. The number of hydrogen-bond acceptors (Lipinski definition) is 5. The van der Waals surface area contributed by atoms with Crippen molar-refractivity contribution < 1.29 is 23.9 Å². The highest BCUT2D eigenvalue weighted by Gasteiger charge is 2.35. The second-order valence-corrected chi connectivity index (χ2v) is 8.41. The number of carbonyl (C=O) groups excluding carboxylic acids is 3. The molecule has 1 aliphatic heterocycles. The number of hydrogen-bond donors (Lipinski definition) is 1. The summed E-state index contributed by atoms with van der Waals surface area (Å²) in [6.07, 6.45) is 8.86. The van der Waals surface area contributed by atoms with Crippen LogP contribution in [0.25, 0.3) is 0 Å². The maximum Gasteiger partial charge on any atom is 0.325 e. The first kappa shape index (κ1) is 23.1. The monoisotopic (exact) mass is 430 g/mol. The fourth-order valence-corrected chi connectivity index (χ4v) is 4.50. The lowest BCUT2D eigenvalue weighted by molar-refractivity contribution is -0.154. The number of amides is 2. The standard InChI is InChI=1S/C24H34N2O5/c1-2-3-15-30-20-12-10-19(11-13-20)24(29)25-16-23(28)31-17-22(27)26-14-6-8-18-7-4-5-9-21(18)26/h10-13,18,21H,2-9,14-17H2,1H3,(H,25,29)/t18-,21-/m0/s1. The molecule has 2 fully saturated rings. The lowest BCUT2D eigenvalue weighted by atomic mass is 9.78. The minimum Gasteiger partial charge on any atom is -0.494 e. The largest absolute Gasteiger partial charge is 0.494 e. The molecule has 7 nitrogen and oxygen atoms in total. The molecule has 0 radical (unpaired) electrons. The molecule has 3 rings (SSSR count). The van der Waals surface area contributed by atoms with Gasteiger partial charge in [0.1, 0.15) is 12.3 Å². The van der Waals surface area contributed by atoms with Crippen molar-refractivity contribution in [2.75, 3.05) is 26.3 Å². The highest BCUT2D eigenvalue weighted by molar-refractivity contribution is 5.96. The summed E-state index contributed by atoms with van der Waals surface area (Å²) in [4.78, 5) is 38.7. The third-order valence-corrected chi connectivity index (χ3v) is 6.20. The average molecular weight is 431 g/mol. The van der Waals surface area contributed by atoms with Gasteiger partial charge in [0, 0.05) is 18.2 Å². The number of nitrogens with one attached hydrogen (secondary N) is 1. The van der Waals surface area contributed by atoms with Crippen LogP contribution in [0.1, 0.15) is 68.6 Å². The van der Waals surface area contributed by atoms with Gasteiger partial charge in [-0.3, -0.25) is 14.4 Å². The Morgan fingerprint density at radius 3 is 2.58 bits per heavy atom. The Hall–Kier alpha value is -2.57. The van der Waals surface area contributed by atoms with Gasteiger partial charge >= 0.3 is 5.97 Å². The summed E-state index contributed by atoms with van der Waals surface area (Å²) in [6.45, 7) is 2.95. The number of piperidine rings is 1. The van der Waals surface area contributed by atoms with Gasteiger partial charge < -0.3 is 19.7 Å². The van der Waals surface area contributed by atoms with Crippen molar-refractivity contribution in [3.8, 4) is 5.75 Å². The van der Waals surface area contributed by atoms with Crippen molar-refractivity contribution in [3.05, 3.63) is 29.8 Å². The molecule has 0 unspecified atom stereocenters. The summed E-state index contributed by atoms with van der Waals surface area (Å²) in [7, 11) is 0. The molecule has 0 bridgehead atoms. The number of fused-ring (bicyclic) bond motifs is 1. The zero-order valence-electron chi connectivity index (χ0n) is 18.4. The third kappa shape index (κ3) is 6.71. The molecular weight excluding hydrogens is 396 g/mol. The molecule has 2 aliphatic rings. The summed E-state index contributed by atoms with van der Waals surface area (Å²) in [5.41, 5.74) is 0.434. The van der Waals surface area contributed by atoms with Crippen molar-refractivity contribution >= 4 is 17.8 Å². The highest BCUT2D eigenvalue weighted by atomic mass is 16.5. The van der Waals surface area contributed by atoms with Crippen LogP contribution >= 0.6 is 0 Å². The number of nitrogens with zero attached hydrogens (tertiary/aromatic N) is 1. The van der Waals surface area contributed by atoms with Crippen LogP contribution in [0.15, 0.2) is 24.3 Å². The van der Waals surface area contributed by atoms with Gasteiger partial charge in [-0.05, 0) is 62.3 Å². The van der Waals surface area contributed by atoms with E-state index in [0.29, 0.717) is 29.9 Å². The van der Waals surface area contributed by atoms with Crippen LogP contribution in [0.3, 0.4) is 0 Å². The van der Waals surface area contributed by atoms with E-state index < -0.39 is 5.97 Å². The zero-order chi connectivity index (χ0) is 22.1. The average Bonchev–Trinajstić information content (AvgIpc) is 2.81. The third-order valence-electron chi connectivity index (χ3n) is 6.20. The van der Waals surface area contributed by atoms with E-state index in [9.17, 15) is 14.4 Å². The molecule has 1 saturated heterocycles. The molecule has 1 saturated carbocycles. The summed E-state index contributed by atoms with van der Waals surface area (Å²) < 4.78 is 10.7. The summed E-state index contributed by atoms with van der Waals surface area (Å²) in [6, 6.07) is 7.07. The van der Waals surface area contributed by atoms with E-state index in [2.05, 4.69) is 12.2 Å². The van der Waals surface area contributed by atoms with E-state index >= 15 is 0 Å². The predicted octanol–water partition coefficient (Wildman–Crippen LogP) is 3.32. The summed E-state index contributed by atoms with van der Waals surface area (Å²) >= 11 is 0. The maximum atomic E-state index is 12.6. The van der Waals surface area contributed by atoms with Crippen molar-refractivity contribution in [1.82, 2.24) is 10.2 Å². The molecule has 1 aromatic rings. The number of benzene rings is 1. The van der Waals surface area contributed by atoms with Gasteiger partial charge in [-0.2, -0.15) is 0 Å². The molecule has 1 N–H and O–H groups in total. The van der Waals surface area contributed by atoms with Crippen LogP contribution < -0.4 is 10.1 Å². The van der Waals surface area contributed by atoms with E-state index in [1.165, 1.54) is 19.3 Å². The van der Waals surface area contributed by atoms with E-state index in [0.717, 1.165) is 38.6 Å². The lowest BCUT2D eigenvalue weighted by Gasteiger charge is -2.44. The molecule has 0 spiro atoms. The van der Waals surface area contributed by atoms with Gasteiger partial charge in [0.15, 0.2) is 6.61 Å². The van der Waals surface area contributed by atoms with Crippen LogP contribution in [-0.4, -0.2) is 55.0 Å². The maximum absolute atomic E-state index is 12.6. The fraction of sp³-hybridized carbons (Fsp3) is 0.625. The Balaban J connectivity index is 1.38. The van der Waals surface area contributed by atoms with Crippen LogP contribution in [0.2, 0.25) is 0 Å². The summed E-state index contributed by atoms with van der Waals surface area (Å²) in [5, 5.41) is 2.54. The Labute approximate surface area is 184 Å². The topological polar surface area (TPSA) is 84.9 Å². The Morgan fingerprint density at radius 2 is 1.81 bits per heavy atom. The smallest absolute Gasteiger partial charge is 0.325 e. The fourth-order valence-electron chi connectivity index (χ4n) is 4.50. The SMILES string of the molecule is CCCCOc1ccc(C(=O)NCC(=O)OCC(=O)N2CCC[C@@H]3CCCC[C@@H]32)cc1. The van der Waals surface area contributed by atoms with E-state index in [-0.39, 0.29) is 25.0 Å². The Morgan fingerprint density at radius 1 is 1.06 bits per heavy atom. The molecule has 2 atom stereocenters. The van der Waals surface area contributed by atoms with Gasteiger partial charge in [0.2, 0.25) is 0 Å².